The second kappa shape index (κ2) is 6.26. The molecule has 2 unspecified atom stereocenters. The fourth-order valence-electron chi connectivity index (χ4n) is 2.23. The van der Waals surface area contributed by atoms with Crippen molar-refractivity contribution in [3.05, 3.63) is 0 Å². The van der Waals surface area contributed by atoms with E-state index in [1.54, 1.807) is 40.4 Å². The van der Waals surface area contributed by atoms with Gasteiger partial charge in [0.2, 0.25) is 0 Å². The molecule has 0 bridgehead atoms. The minimum atomic E-state index is -0.887. The molecule has 1 saturated carbocycles. The fraction of sp³-hybridized carbons (Fsp3) is 0.833. The molecule has 0 spiro atoms. The van der Waals surface area contributed by atoms with E-state index in [9.17, 15) is 14.7 Å². The molecule has 2 fully saturated rings. The Morgan fingerprint density at radius 1 is 1.47 bits per heavy atom. The van der Waals surface area contributed by atoms with Gasteiger partial charge in [0.15, 0.2) is 0 Å². The number of hydrogen-bond donors (Lipinski definition) is 1. The van der Waals surface area contributed by atoms with E-state index < -0.39 is 12.0 Å². The molecule has 5 nitrogen and oxygen atoms in total. The monoisotopic (exact) mass is 304 g/mol. The standard InChI is InChI=1S/C12H20N2O3S2/c1-13(5-6-18-2)12(17)14-9(11(15)16)7-19-10(14)8-3-4-8/h8-10H,3-7H2,1-2H3,(H,15,16). The molecular weight excluding hydrogens is 284 g/mol. The SMILES string of the molecule is CSCCN(C)C(=O)N1C(C(=O)O)CSC1C1CC1. The molecule has 0 aromatic carbocycles. The highest BCUT2D eigenvalue weighted by molar-refractivity contribution is 8.00. The van der Waals surface area contributed by atoms with Crippen LogP contribution in [0.1, 0.15) is 12.8 Å². The number of thioether (sulfide) groups is 2. The molecule has 108 valence electrons. The van der Waals surface area contributed by atoms with E-state index in [1.807, 2.05) is 6.26 Å². The molecule has 1 saturated heterocycles. The lowest BCUT2D eigenvalue weighted by atomic mass is 10.2. The number of amides is 2. The minimum absolute atomic E-state index is 0.0605. The van der Waals surface area contributed by atoms with Gasteiger partial charge in [0, 0.05) is 25.1 Å². The Morgan fingerprint density at radius 3 is 2.68 bits per heavy atom. The number of nitrogens with zero attached hydrogens (tertiary/aromatic N) is 2. The van der Waals surface area contributed by atoms with Crippen molar-refractivity contribution in [2.24, 2.45) is 5.92 Å². The molecule has 2 rings (SSSR count). The van der Waals surface area contributed by atoms with E-state index in [1.165, 1.54) is 0 Å². The molecule has 1 heterocycles. The largest absolute Gasteiger partial charge is 0.480 e. The highest BCUT2D eigenvalue weighted by Gasteiger charge is 2.48. The lowest BCUT2D eigenvalue weighted by Crippen LogP contribution is -2.51. The number of carbonyl (C=O) groups excluding carboxylic acids is 1. The number of carbonyl (C=O) groups is 2. The molecule has 19 heavy (non-hydrogen) atoms. The number of rotatable bonds is 5. The first-order chi connectivity index (χ1) is 9.06. The number of urea groups is 1. The predicted molar refractivity (Wildman–Crippen MR) is 78.6 cm³/mol. The molecule has 2 aliphatic rings. The quantitative estimate of drug-likeness (QED) is 0.836. The zero-order chi connectivity index (χ0) is 14.0. The molecule has 0 aromatic heterocycles. The Hall–Kier alpha value is -0.560. The van der Waals surface area contributed by atoms with Crippen LogP contribution in [-0.4, -0.2) is 69.7 Å². The van der Waals surface area contributed by atoms with Crippen LogP contribution in [0.4, 0.5) is 4.79 Å². The van der Waals surface area contributed by atoms with Crippen molar-refractivity contribution < 1.29 is 14.7 Å². The van der Waals surface area contributed by atoms with Crippen LogP contribution in [0.2, 0.25) is 0 Å². The van der Waals surface area contributed by atoms with Crippen LogP contribution in [-0.2, 0) is 4.79 Å². The van der Waals surface area contributed by atoms with Gasteiger partial charge in [-0.05, 0) is 25.0 Å². The second-order valence-corrected chi connectivity index (χ2v) is 7.15. The summed E-state index contributed by atoms with van der Waals surface area (Å²) in [6.07, 6.45) is 4.22. The molecule has 1 aliphatic heterocycles. The fourth-order valence-corrected chi connectivity index (χ4v) is 4.31. The van der Waals surface area contributed by atoms with Crippen LogP contribution in [0.15, 0.2) is 0 Å². The third-order valence-electron chi connectivity index (χ3n) is 3.52. The van der Waals surface area contributed by atoms with Crippen molar-refractivity contribution in [2.75, 3.05) is 31.4 Å². The van der Waals surface area contributed by atoms with Crippen LogP contribution < -0.4 is 0 Å². The molecule has 0 aromatic rings. The first-order valence-corrected chi connectivity index (χ1v) is 8.87. The van der Waals surface area contributed by atoms with E-state index in [-0.39, 0.29) is 11.4 Å². The lowest BCUT2D eigenvalue weighted by molar-refractivity contribution is -0.141. The van der Waals surface area contributed by atoms with Crippen LogP contribution in [0.5, 0.6) is 0 Å². The summed E-state index contributed by atoms with van der Waals surface area (Å²) in [5.74, 6) is 0.989. The van der Waals surface area contributed by atoms with Crippen molar-refractivity contribution >= 4 is 35.5 Å². The minimum Gasteiger partial charge on any atom is -0.480 e. The first-order valence-electron chi connectivity index (χ1n) is 6.43. The van der Waals surface area contributed by atoms with Gasteiger partial charge in [-0.25, -0.2) is 9.59 Å². The number of hydrogen-bond acceptors (Lipinski definition) is 4. The Kier molecular flexibility index (Phi) is 4.89. The predicted octanol–water partition coefficient (Wildman–Crippen LogP) is 1.64. The molecule has 0 radical (unpaired) electrons. The maximum atomic E-state index is 12.5. The Morgan fingerprint density at radius 2 is 2.16 bits per heavy atom. The van der Waals surface area contributed by atoms with Gasteiger partial charge in [-0.2, -0.15) is 11.8 Å². The Bertz CT molecular complexity index is 363. The Labute approximate surface area is 122 Å². The maximum Gasteiger partial charge on any atom is 0.327 e. The van der Waals surface area contributed by atoms with Crippen LogP contribution >= 0.6 is 23.5 Å². The molecule has 2 atom stereocenters. The average molecular weight is 304 g/mol. The van der Waals surface area contributed by atoms with Gasteiger partial charge >= 0.3 is 12.0 Å². The van der Waals surface area contributed by atoms with Crippen LogP contribution in [0, 0.1) is 5.92 Å². The van der Waals surface area contributed by atoms with Crippen molar-refractivity contribution in [1.82, 2.24) is 9.80 Å². The third kappa shape index (κ3) is 3.31. The molecule has 7 heteroatoms. The van der Waals surface area contributed by atoms with Gasteiger partial charge in [0.25, 0.3) is 0 Å². The second-order valence-electron chi connectivity index (χ2n) is 5.02. The van der Waals surface area contributed by atoms with Crippen LogP contribution in [0.3, 0.4) is 0 Å². The van der Waals surface area contributed by atoms with Gasteiger partial charge in [-0.15, -0.1) is 11.8 Å². The highest BCUT2D eigenvalue weighted by Crippen LogP contribution is 2.45. The summed E-state index contributed by atoms with van der Waals surface area (Å²) in [6.45, 7) is 0.658. The molecule has 2 amide bonds. The summed E-state index contributed by atoms with van der Waals surface area (Å²) in [7, 11) is 1.75. The Balaban J connectivity index is 2.06. The highest BCUT2D eigenvalue weighted by atomic mass is 32.2. The summed E-state index contributed by atoms with van der Waals surface area (Å²) >= 11 is 3.30. The topological polar surface area (TPSA) is 60.9 Å². The summed E-state index contributed by atoms with van der Waals surface area (Å²) in [6, 6.07) is -0.803. The summed E-state index contributed by atoms with van der Waals surface area (Å²) in [5.41, 5.74) is 0. The molecule has 1 N–H and O–H groups in total. The van der Waals surface area contributed by atoms with Crippen molar-refractivity contribution in [1.29, 1.82) is 0 Å². The average Bonchev–Trinajstić information content (AvgIpc) is 3.13. The smallest absolute Gasteiger partial charge is 0.327 e. The van der Waals surface area contributed by atoms with Crippen molar-refractivity contribution in [2.45, 2.75) is 24.3 Å². The van der Waals surface area contributed by atoms with Gasteiger partial charge in [-0.3, -0.25) is 4.90 Å². The van der Waals surface area contributed by atoms with E-state index in [0.717, 1.165) is 18.6 Å². The normalized spacial score (nSPS) is 26.5. The summed E-state index contributed by atoms with van der Waals surface area (Å²) in [5, 5.41) is 9.34. The van der Waals surface area contributed by atoms with E-state index >= 15 is 0 Å². The van der Waals surface area contributed by atoms with Gasteiger partial charge in [0.05, 0.1) is 5.37 Å². The van der Waals surface area contributed by atoms with Gasteiger partial charge in [0.1, 0.15) is 6.04 Å². The van der Waals surface area contributed by atoms with Crippen LogP contribution in [0.25, 0.3) is 0 Å². The number of carboxylic acids is 1. The number of aliphatic carboxylic acids is 1. The van der Waals surface area contributed by atoms with Crippen molar-refractivity contribution in [3.8, 4) is 0 Å². The zero-order valence-corrected chi connectivity index (χ0v) is 12.9. The van der Waals surface area contributed by atoms with E-state index in [0.29, 0.717) is 18.2 Å². The van der Waals surface area contributed by atoms with Gasteiger partial charge < -0.3 is 10.0 Å². The maximum absolute atomic E-state index is 12.5. The third-order valence-corrected chi connectivity index (χ3v) is 5.58. The van der Waals surface area contributed by atoms with Gasteiger partial charge in [-0.1, -0.05) is 0 Å². The first kappa shape index (κ1) is 14.8. The summed E-state index contributed by atoms with van der Waals surface area (Å²) in [4.78, 5) is 27.0. The lowest BCUT2D eigenvalue weighted by Gasteiger charge is -2.31. The zero-order valence-electron chi connectivity index (χ0n) is 11.2. The molecular formula is C12H20N2O3S2. The van der Waals surface area contributed by atoms with E-state index in [2.05, 4.69) is 0 Å². The number of carboxylic acid groups (broad SMARTS) is 1. The summed E-state index contributed by atoms with van der Waals surface area (Å²) < 4.78 is 0. The molecule has 1 aliphatic carbocycles. The van der Waals surface area contributed by atoms with E-state index in [4.69, 9.17) is 0 Å². The van der Waals surface area contributed by atoms with Crippen molar-refractivity contribution in [3.63, 3.8) is 0 Å².